The molecule has 82 valence electrons. The number of alkyl halides is 2. The summed E-state index contributed by atoms with van der Waals surface area (Å²) in [7, 11) is 0. The molecule has 0 unspecified atom stereocenters. The molecule has 0 aliphatic carbocycles. The Morgan fingerprint density at radius 1 is 1.67 bits per heavy atom. The molecule has 0 saturated carbocycles. The van der Waals surface area contributed by atoms with E-state index in [0.29, 0.717) is 0 Å². The monoisotopic (exact) mass is 299 g/mol. The Bertz CT molecular complexity index is 400. The lowest BCUT2D eigenvalue weighted by molar-refractivity contribution is -0.136. The predicted molar refractivity (Wildman–Crippen MR) is 53.2 cm³/mol. The zero-order valence-electron chi connectivity index (χ0n) is 7.18. The minimum Gasteiger partial charge on any atom is -0.481 e. The lowest BCUT2D eigenvalue weighted by Crippen LogP contribution is -2.03. The third-order valence-electron chi connectivity index (χ3n) is 1.58. The average molecular weight is 300 g/mol. The van der Waals surface area contributed by atoms with E-state index in [1.54, 1.807) is 0 Å². The number of hydrogen-bond donors (Lipinski definition) is 1. The average Bonchev–Trinajstić information content (AvgIpc) is 2.11. The number of rotatable bonds is 3. The van der Waals surface area contributed by atoms with E-state index in [1.165, 1.54) is 0 Å². The fourth-order valence-electron chi connectivity index (χ4n) is 0.972. The molecular weight excluding hydrogens is 295 g/mol. The summed E-state index contributed by atoms with van der Waals surface area (Å²) < 4.78 is 24.9. The van der Waals surface area contributed by atoms with Gasteiger partial charge in [-0.1, -0.05) is 11.6 Å². The van der Waals surface area contributed by atoms with Crippen molar-refractivity contribution in [2.45, 2.75) is 12.8 Å². The van der Waals surface area contributed by atoms with Gasteiger partial charge < -0.3 is 5.11 Å². The molecular formula is C8H5BrClF2NO2. The number of carbonyl (C=O) groups is 1. The highest BCUT2D eigenvalue weighted by atomic mass is 79.9. The van der Waals surface area contributed by atoms with Gasteiger partial charge in [-0.3, -0.25) is 4.79 Å². The van der Waals surface area contributed by atoms with Crippen LogP contribution in [-0.2, 0) is 11.2 Å². The molecule has 0 aliphatic rings. The molecule has 1 aromatic heterocycles. The normalized spacial score (nSPS) is 10.7. The quantitative estimate of drug-likeness (QED) is 0.873. The molecule has 0 atom stereocenters. The Morgan fingerprint density at radius 3 is 2.73 bits per heavy atom. The Labute approximate surface area is 97.2 Å². The van der Waals surface area contributed by atoms with Crippen LogP contribution in [0.15, 0.2) is 10.5 Å². The first-order valence-corrected chi connectivity index (χ1v) is 4.93. The van der Waals surface area contributed by atoms with Crippen LogP contribution >= 0.6 is 27.5 Å². The summed E-state index contributed by atoms with van der Waals surface area (Å²) in [6.45, 7) is 0. The molecule has 0 aromatic carbocycles. The Morgan fingerprint density at radius 2 is 2.27 bits per heavy atom. The lowest BCUT2D eigenvalue weighted by Gasteiger charge is -2.06. The van der Waals surface area contributed by atoms with Crippen molar-refractivity contribution in [2.24, 2.45) is 0 Å². The van der Waals surface area contributed by atoms with Gasteiger partial charge in [-0.2, -0.15) is 0 Å². The van der Waals surface area contributed by atoms with Gasteiger partial charge in [0.05, 0.1) is 10.9 Å². The highest BCUT2D eigenvalue weighted by molar-refractivity contribution is 9.10. The van der Waals surface area contributed by atoms with Crippen molar-refractivity contribution >= 4 is 33.5 Å². The van der Waals surface area contributed by atoms with E-state index in [-0.39, 0.29) is 21.6 Å². The third-order valence-corrected chi connectivity index (χ3v) is 2.96. The standard InChI is InChI=1S/C8H5BrClF2NO2/c9-6-3(2-5(14)15)1-4(8(11)12)13-7(6)10/h1,8H,2H2,(H,14,15). The first-order valence-electron chi connectivity index (χ1n) is 3.76. The van der Waals surface area contributed by atoms with Crippen LogP contribution in [0.5, 0.6) is 0 Å². The molecule has 1 rings (SSSR count). The zero-order chi connectivity index (χ0) is 11.6. The molecule has 0 fully saturated rings. The van der Waals surface area contributed by atoms with Crippen LogP contribution in [-0.4, -0.2) is 16.1 Å². The predicted octanol–water partition coefficient (Wildman–Crippen LogP) is 3.06. The molecule has 7 heteroatoms. The SMILES string of the molecule is O=C(O)Cc1cc(C(F)F)nc(Cl)c1Br. The maximum atomic E-state index is 12.3. The van der Waals surface area contributed by atoms with Gasteiger partial charge in [0.1, 0.15) is 10.8 Å². The highest BCUT2D eigenvalue weighted by Gasteiger charge is 2.16. The van der Waals surface area contributed by atoms with E-state index < -0.39 is 18.1 Å². The molecule has 0 saturated heterocycles. The number of halogens is 4. The second kappa shape index (κ2) is 4.85. The number of aromatic nitrogens is 1. The Balaban J connectivity index is 3.18. The van der Waals surface area contributed by atoms with Crippen LogP contribution in [0.25, 0.3) is 0 Å². The maximum Gasteiger partial charge on any atom is 0.307 e. The molecule has 3 nitrogen and oxygen atoms in total. The molecule has 0 amide bonds. The van der Waals surface area contributed by atoms with Crippen LogP contribution in [0.2, 0.25) is 5.15 Å². The minimum absolute atomic E-state index is 0.163. The van der Waals surface area contributed by atoms with E-state index in [0.717, 1.165) is 6.07 Å². The van der Waals surface area contributed by atoms with Gasteiger partial charge in [-0.15, -0.1) is 0 Å². The first kappa shape index (κ1) is 12.3. The van der Waals surface area contributed by atoms with E-state index in [9.17, 15) is 13.6 Å². The molecule has 0 spiro atoms. The molecule has 1 aromatic rings. The van der Waals surface area contributed by atoms with E-state index in [1.807, 2.05) is 0 Å². The number of carboxylic acid groups (broad SMARTS) is 1. The molecule has 0 bridgehead atoms. The summed E-state index contributed by atoms with van der Waals surface area (Å²) in [5, 5.41) is 8.38. The summed E-state index contributed by atoms with van der Waals surface area (Å²) >= 11 is 8.55. The van der Waals surface area contributed by atoms with Crippen molar-refractivity contribution in [3.8, 4) is 0 Å². The van der Waals surface area contributed by atoms with Gasteiger partial charge in [-0.25, -0.2) is 13.8 Å². The second-order valence-electron chi connectivity index (χ2n) is 2.68. The molecule has 1 heterocycles. The van der Waals surface area contributed by atoms with Gasteiger partial charge >= 0.3 is 5.97 Å². The molecule has 0 radical (unpaired) electrons. The summed E-state index contributed by atoms with van der Waals surface area (Å²) in [5.74, 6) is -1.13. The largest absolute Gasteiger partial charge is 0.481 e. The maximum absolute atomic E-state index is 12.3. The van der Waals surface area contributed by atoms with E-state index in [4.69, 9.17) is 16.7 Å². The number of carboxylic acids is 1. The first-order chi connectivity index (χ1) is 6.91. The van der Waals surface area contributed by atoms with Crippen molar-refractivity contribution in [1.29, 1.82) is 0 Å². The van der Waals surface area contributed by atoms with Crippen LogP contribution in [0.4, 0.5) is 8.78 Å². The summed E-state index contributed by atoms with van der Waals surface area (Å²) in [6, 6.07) is 1.02. The molecule has 15 heavy (non-hydrogen) atoms. The van der Waals surface area contributed by atoms with Crippen molar-refractivity contribution < 1.29 is 18.7 Å². The van der Waals surface area contributed by atoms with Gasteiger partial charge in [-0.05, 0) is 27.6 Å². The Kier molecular flexibility index (Phi) is 3.98. The van der Waals surface area contributed by atoms with Crippen molar-refractivity contribution in [2.75, 3.05) is 0 Å². The molecule has 1 N–H and O–H groups in total. The van der Waals surface area contributed by atoms with Gasteiger partial charge in [0.25, 0.3) is 6.43 Å². The van der Waals surface area contributed by atoms with E-state index in [2.05, 4.69) is 20.9 Å². The smallest absolute Gasteiger partial charge is 0.307 e. The number of nitrogens with zero attached hydrogens (tertiary/aromatic N) is 1. The second-order valence-corrected chi connectivity index (χ2v) is 3.83. The Hall–Kier alpha value is -0.750. The summed E-state index contributed by atoms with van der Waals surface area (Å²) in [6.07, 6.45) is -3.16. The zero-order valence-corrected chi connectivity index (χ0v) is 9.52. The van der Waals surface area contributed by atoms with Gasteiger partial charge in [0.15, 0.2) is 0 Å². The van der Waals surface area contributed by atoms with Crippen molar-refractivity contribution in [3.63, 3.8) is 0 Å². The topological polar surface area (TPSA) is 50.2 Å². The van der Waals surface area contributed by atoms with Gasteiger partial charge in [0.2, 0.25) is 0 Å². The summed E-state index contributed by atoms with van der Waals surface area (Å²) in [4.78, 5) is 13.9. The fourth-order valence-corrected chi connectivity index (χ4v) is 1.53. The van der Waals surface area contributed by atoms with E-state index >= 15 is 0 Å². The van der Waals surface area contributed by atoms with Crippen LogP contribution in [0.3, 0.4) is 0 Å². The van der Waals surface area contributed by atoms with Crippen molar-refractivity contribution in [3.05, 3.63) is 26.9 Å². The fraction of sp³-hybridized carbons (Fsp3) is 0.250. The minimum atomic E-state index is -2.77. The van der Waals surface area contributed by atoms with Gasteiger partial charge in [0, 0.05) is 0 Å². The van der Waals surface area contributed by atoms with Crippen LogP contribution < -0.4 is 0 Å². The number of hydrogen-bond acceptors (Lipinski definition) is 2. The van der Waals surface area contributed by atoms with Crippen LogP contribution in [0.1, 0.15) is 17.7 Å². The number of aliphatic carboxylic acids is 1. The van der Waals surface area contributed by atoms with Crippen molar-refractivity contribution in [1.82, 2.24) is 4.98 Å². The third kappa shape index (κ3) is 3.10. The highest BCUT2D eigenvalue weighted by Crippen LogP contribution is 2.29. The summed E-state index contributed by atoms with van der Waals surface area (Å²) in [5.41, 5.74) is -0.350. The lowest BCUT2D eigenvalue weighted by atomic mass is 10.1. The number of pyridine rings is 1. The molecule has 0 aliphatic heterocycles. The van der Waals surface area contributed by atoms with Crippen LogP contribution in [0, 0.1) is 0 Å².